The van der Waals surface area contributed by atoms with Gasteiger partial charge in [0.2, 0.25) is 0 Å². The molecule has 0 bridgehead atoms. The number of carboxylic acids is 2. The number of rotatable bonds is 5. The van der Waals surface area contributed by atoms with Gasteiger partial charge in [-0.25, -0.2) is 9.59 Å². The van der Waals surface area contributed by atoms with E-state index in [0.717, 1.165) is 6.07 Å². The largest absolute Gasteiger partial charge is 0.477 e. The van der Waals surface area contributed by atoms with E-state index in [2.05, 4.69) is 14.8 Å². The lowest BCUT2D eigenvalue weighted by molar-refractivity contribution is -0.202. The average Bonchev–Trinajstić information content (AvgIpc) is 2.58. The molecule has 0 radical (unpaired) electrons. The Morgan fingerprint density at radius 1 is 1.40 bits per heavy atom. The van der Waals surface area contributed by atoms with Crippen molar-refractivity contribution in [2.24, 2.45) is 0 Å². The topological polar surface area (TPSA) is 109 Å². The third kappa shape index (κ3) is 2.47. The molecule has 1 heterocycles. The Morgan fingerprint density at radius 2 is 2.07 bits per heavy atom. The van der Waals surface area contributed by atoms with E-state index in [-0.39, 0.29) is 23.7 Å². The number of aromatic amines is 1. The van der Waals surface area contributed by atoms with Crippen LogP contribution in [0, 0.1) is 0 Å². The minimum Gasteiger partial charge on any atom is -0.477 e. The van der Waals surface area contributed by atoms with Crippen LogP contribution >= 0.6 is 0 Å². The molecule has 3 N–H and O–H groups in total. The maximum absolute atomic E-state index is 10.7. The fourth-order valence-corrected chi connectivity index (χ4v) is 0.898. The van der Waals surface area contributed by atoms with Crippen molar-refractivity contribution in [3.8, 4) is 5.75 Å². The summed E-state index contributed by atoms with van der Waals surface area (Å²) in [4.78, 5) is 32.5. The van der Waals surface area contributed by atoms with E-state index in [1.165, 1.54) is 0 Å². The van der Waals surface area contributed by atoms with Gasteiger partial charge in [-0.05, 0) is 6.92 Å². The summed E-state index contributed by atoms with van der Waals surface area (Å²) in [6, 6.07) is 1.04. The fraction of sp³-hybridized carbons (Fsp3) is 0.250. The van der Waals surface area contributed by atoms with Gasteiger partial charge in [0.05, 0.1) is 6.61 Å². The number of hydrogen-bond donors (Lipinski definition) is 3. The third-order valence-corrected chi connectivity index (χ3v) is 1.49. The van der Waals surface area contributed by atoms with E-state index in [1.54, 1.807) is 6.92 Å². The molecule has 0 aliphatic heterocycles. The summed E-state index contributed by atoms with van der Waals surface area (Å²) in [5.74, 6) is -2.76. The quantitative estimate of drug-likeness (QED) is 0.493. The summed E-state index contributed by atoms with van der Waals surface area (Å²) in [7, 11) is 0. The molecule has 0 aliphatic rings. The molecule has 7 nitrogen and oxygen atoms in total. The molecule has 0 fully saturated rings. The summed E-state index contributed by atoms with van der Waals surface area (Å²) in [6.45, 7) is 1.86. The third-order valence-electron chi connectivity index (χ3n) is 1.49. The number of hydrogen-bond acceptors (Lipinski definition) is 4. The Hall–Kier alpha value is -2.02. The van der Waals surface area contributed by atoms with Gasteiger partial charge in [0.15, 0.2) is 11.4 Å². The van der Waals surface area contributed by atoms with E-state index in [0.29, 0.717) is 0 Å². The van der Waals surface area contributed by atoms with E-state index < -0.39 is 11.9 Å². The number of aromatic carboxylic acids is 2. The van der Waals surface area contributed by atoms with Crippen LogP contribution in [-0.2, 0) is 4.89 Å². The Morgan fingerprint density at radius 3 is 2.53 bits per heavy atom. The maximum Gasteiger partial charge on any atom is 0.356 e. The molecule has 0 atom stereocenters. The van der Waals surface area contributed by atoms with Gasteiger partial charge in [0, 0.05) is 6.07 Å². The first-order chi connectivity index (χ1) is 7.06. The van der Waals surface area contributed by atoms with Crippen molar-refractivity contribution in [2.75, 3.05) is 6.61 Å². The molecule has 7 heteroatoms. The molecular formula is C8H9NO6. The van der Waals surface area contributed by atoms with Crippen molar-refractivity contribution in [1.29, 1.82) is 0 Å². The Balaban J connectivity index is 3.00. The maximum atomic E-state index is 10.7. The minimum absolute atomic E-state index is 0.165. The number of aromatic nitrogens is 1. The van der Waals surface area contributed by atoms with Crippen LogP contribution in [0.15, 0.2) is 6.07 Å². The Kier molecular flexibility index (Phi) is 3.29. The van der Waals surface area contributed by atoms with Crippen molar-refractivity contribution in [2.45, 2.75) is 6.92 Å². The molecule has 0 aromatic carbocycles. The lowest BCUT2D eigenvalue weighted by Crippen LogP contribution is -2.03. The van der Waals surface area contributed by atoms with Crippen LogP contribution in [-0.4, -0.2) is 33.7 Å². The van der Waals surface area contributed by atoms with Gasteiger partial charge >= 0.3 is 11.9 Å². The zero-order valence-corrected chi connectivity index (χ0v) is 7.81. The lowest BCUT2D eigenvalue weighted by atomic mass is 10.4. The summed E-state index contributed by atoms with van der Waals surface area (Å²) < 4.78 is 0. The smallest absolute Gasteiger partial charge is 0.356 e. The van der Waals surface area contributed by atoms with Crippen LogP contribution in [0.2, 0.25) is 0 Å². The van der Waals surface area contributed by atoms with Gasteiger partial charge in [0.1, 0.15) is 5.69 Å². The first-order valence-corrected chi connectivity index (χ1v) is 4.05. The molecule has 0 saturated carbocycles. The normalized spacial score (nSPS) is 9.93. The number of carboxylic acid groups (broad SMARTS) is 2. The van der Waals surface area contributed by atoms with E-state index in [1.807, 2.05) is 0 Å². The van der Waals surface area contributed by atoms with Crippen molar-refractivity contribution in [3.63, 3.8) is 0 Å². The van der Waals surface area contributed by atoms with Crippen molar-refractivity contribution < 1.29 is 29.6 Å². The van der Waals surface area contributed by atoms with Gasteiger partial charge in [-0.3, -0.25) is 0 Å². The second-order valence-electron chi connectivity index (χ2n) is 2.52. The highest BCUT2D eigenvalue weighted by Crippen LogP contribution is 2.20. The van der Waals surface area contributed by atoms with Gasteiger partial charge in [-0.15, -0.1) is 0 Å². The van der Waals surface area contributed by atoms with Gasteiger partial charge in [-0.1, -0.05) is 0 Å². The van der Waals surface area contributed by atoms with Crippen LogP contribution in [0.5, 0.6) is 5.75 Å². The SMILES string of the molecule is CCOOc1cc(C(=O)O)[nH]c1C(=O)O. The van der Waals surface area contributed by atoms with E-state index in [9.17, 15) is 9.59 Å². The van der Waals surface area contributed by atoms with Crippen molar-refractivity contribution in [3.05, 3.63) is 17.5 Å². The summed E-state index contributed by atoms with van der Waals surface area (Å²) >= 11 is 0. The highest BCUT2D eigenvalue weighted by atomic mass is 17.2. The van der Waals surface area contributed by atoms with Crippen molar-refractivity contribution in [1.82, 2.24) is 4.98 Å². The minimum atomic E-state index is -1.32. The summed E-state index contributed by atoms with van der Waals surface area (Å²) in [5, 5.41) is 17.3. The molecule has 0 spiro atoms. The average molecular weight is 215 g/mol. The number of carbonyl (C=O) groups is 2. The predicted octanol–water partition coefficient (Wildman–Crippen LogP) is 0.741. The first kappa shape index (κ1) is 11.1. The molecule has 0 aliphatic carbocycles. The molecule has 1 rings (SSSR count). The molecule has 1 aromatic rings. The van der Waals surface area contributed by atoms with E-state index >= 15 is 0 Å². The van der Waals surface area contributed by atoms with Gasteiger partial charge in [0.25, 0.3) is 0 Å². The van der Waals surface area contributed by atoms with Crippen LogP contribution in [0.3, 0.4) is 0 Å². The fourth-order valence-electron chi connectivity index (χ4n) is 0.898. The molecule has 0 amide bonds. The van der Waals surface area contributed by atoms with Crippen LogP contribution in [0.1, 0.15) is 27.9 Å². The number of nitrogens with one attached hydrogen (secondary N) is 1. The Labute approximate surface area is 84.2 Å². The second-order valence-corrected chi connectivity index (χ2v) is 2.52. The van der Waals surface area contributed by atoms with Crippen LogP contribution in [0.4, 0.5) is 0 Å². The molecule has 1 aromatic heterocycles. The van der Waals surface area contributed by atoms with Gasteiger partial charge < -0.3 is 20.1 Å². The molecule has 0 saturated heterocycles. The highest BCUT2D eigenvalue weighted by molar-refractivity contribution is 5.93. The second kappa shape index (κ2) is 4.47. The van der Waals surface area contributed by atoms with Crippen molar-refractivity contribution >= 4 is 11.9 Å². The Bertz CT molecular complexity index is 382. The molecular weight excluding hydrogens is 206 g/mol. The first-order valence-electron chi connectivity index (χ1n) is 4.05. The van der Waals surface area contributed by atoms with Crippen LogP contribution < -0.4 is 4.89 Å². The van der Waals surface area contributed by atoms with Gasteiger partial charge in [-0.2, -0.15) is 4.89 Å². The molecule has 0 unspecified atom stereocenters. The zero-order chi connectivity index (χ0) is 11.4. The standard InChI is InChI=1S/C8H9NO6/c1-2-14-15-5-3-4(7(10)11)9-6(5)8(12)13/h3,9H,2H2,1H3,(H,10,11)(H,12,13). The predicted molar refractivity (Wildman–Crippen MR) is 47.0 cm³/mol. The molecule has 82 valence electrons. The summed E-state index contributed by atoms with van der Waals surface area (Å²) in [5.41, 5.74) is -0.636. The zero-order valence-electron chi connectivity index (χ0n) is 7.81. The monoisotopic (exact) mass is 215 g/mol. The molecule has 15 heavy (non-hydrogen) atoms. The van der Waals surface area contributed by atoms with E-state index in [4.69, 9.17) is 10.2 Å². The summed E-state index contributed by atoms with van der Waals surface area (Å²) in [6.07, 6.45) is 0. The lowest BCUT2D eigenvalue weighted by Gasteiger charge is -2.00. The number of H-pyrrole nitrogens is 1. The highest BCUT2D eigenvalue weighted by Gasteiger charge is 2.19. The van der Waals surface area contributed by atoms with Crippen LogP contribution in [0.25, 0.3) is 0 Å².